The minimum Gasteiger partial charge on any atom is -0.311 e. The summed E-state index contributed by atoms with van der Waals surface area (Å²) in [6.07, 6.45) is 10.4. The predicted octanol–water partition coefficient (Wildman–Crippen LogP) is 13.5. The molecule has 1 saturated carbocycles. The Morgan fingerprint density at radius 1 is 0.672 bits per heavy atom. The lowest BCUT2D eigenvalue weighted by atomic mass is 9.35. The van der Waals surface area contributed by atoms with E-state index in [4.69, 9.17) is 0 Å². The van der Waals surface area contributed by atoms with Gasteiger partial charge in [0.25, 0.3) is 6.71 Å². The number of anilines is 5. The Morgan fingerprint density at radius 3 is 1.97 bits per heavy atom. The van der Waals surface area contributed by atoms with Crippen LogP contribution in [-0.2, 0) is 16.2 Å². The van der Waals surface area contributed by atoms with Crippen LogP contribution in [0.1, 0.15) is 131 Å². The molecule has 3 heterocycles. The molecule has 0 amide bonds. The molecular weight excluding hydrogens is 719 g/mol. The van der Waals surface area contributed by atoms with Gasteiger partial charge in [0, 0.05) is 43.3 Å². The van der Waals surface area contributed by atoms with Gasteiger partial charge in [-0.15, -0.1) is 11.3 Å². The van der Waals surface area contributed by atoms with Gasteiger partial charge >= 0.3 is 0 Å². The van der Waals surface area contributed by atoms with Gasteiger partial charge in [-0.05, 0) is 148 Å². The van der Waals surface area contributed by atoms with E-state index < -0.39 is 0 Å². The zero-order valence-electron chi connectivity index (χ0n) is 37.4. The number of benzene rings is 4. The number of hydrogen-bond acceptors (Lipinski definition) is 3. The summed E-state index contributed by atoms with van der Waals surface area (Å²) in [5.74, 6) is 0.990. The van der Waals surface area contributed by atoms with Crippen molar-refractivity contribution in [3.05, 3.63) is 118 Å². The first-order chi connectivity index (χ1) is 27.2. The highest BCUT2D eigenvalue weighted by atomic mass is 32.1. The van der Waals surface area contributed by atoms with Crippen molar-refractivity contribution in [1.82, 2.24) is 0 Å². The Hall–Kier alpha value is -4.02. The zero-order valence-corrected chi connectivity index (χ0v) is 38.3. The molecule has 4 aromatic carbocycles. The van der Waals surface area contributed by atoms with E-state index in [1.165, 1.54) is 108 Å². The molecule has 2 aliphatic heterocycles. The molecule has 2 atom stereocenters. The second-order valence-electron chi connectivity index (χ2n) is 22.6. The van der Waals surface area contributed by atoms with Crippen LogP contribution in [0, 0.1) is 29.6 Å². The van der Waals surface area contributed by atoms with Crippen molar-refractivity contribution in [2.75, 3.05) is 9.80 Å². The van der Waals surface area contributed by atoms with E-state index in [2.05, 4.69) is 185 Å². The van der Waals surface area contributed by atoms with Gasteiger partial charge < -0.3 is 9.80 Å². The summed E-state index contributed by atoms with van der Waals surface area (Å²) in [6, 6.07) is 28.8. The highest BCUT2D eigenvalue weighted by molar-refractivity contribution is 7.33. The summed E-state index contributed by atoms with van der Waals surface area (Å²) in [5, 5.41) is 1.35. The molecule has 2 unspecified atom stereocenters. The minimum absolute atomic E-state index is 0.0264. The van der Waals surface area contributed by atoms with Gasteiger partial charge in [-0.25, -0.2) is 0 Å². The normalized spacial score (nSPS) is 23.3. The quantitative estimate of drug-likeness (QED) is 0.161. The van der Waals surface area contributed by atoms with Crippen molar-refractivity contribution in [2.45, 2.75) is 132 Å². The van der Waals surface area contributed by atoms with Gasteiger partial charge in [0.15, 0.2) is 0 Å². The molecule has 3 aliphatic carbocycles. The first-order valence-corrected chi connectivity index (χ1v) is 23.0. The average Bonchev–Trinajstić information content (AvgIpc) is 3.54. The molecule has 5 aromatic rings. The van der Waals surface area contributed by atoms with Crippen molar-refractivity contribution < 1.29 is 0 Å². The lowest BCUT2D eigenvalue weighted by Gasteiger charge is -2.54. The third-order valence-corrected chi connectivity index (χ3v) is 16.9. The largest absolute Gasteiger partial charge is 0.311 e. The number of allylic oxidation sites excluding steroid dienone is 3. The Balaban J connectivity index is 1.32. The van der Waals surface area contributed by atoms with Gasteiger partial charge in [-0.2, -0.15) is 0 Å². The SMILES string of the molecule is CC1=CC2C(C=C1N1c3cc(C)cc4c3B(c3ccc5c(c31)C(C)(C)CCC5(C)C)c1sc3ccccc3c1N4c1ccc(C(C)(C)C)cc1)C(C)(C)CCC2(C)C. The van der Waals surface area contributed by atoms with Crippen LogP contribution in [0.5, 0.6) is 0 Å². The van der Waals surface area contributed by atoms with Crippen molar-refractivity contribution in [1.29, 1.82) is 0 Å². The monoisotopic (exact) mass is 782 g/mol. The highest BCUT2D eigenvalue weighted by Crippen LogP contribution is 2.59. The number of fused-ring (bicyclic) bond motifs is 9. The molecule has 0 bridgehead atoms. The van der Waals surface area contributed by atoms with Crippen LogP contribution in [-0.4, -0.2) is 6.71 Å². The molecule has 2 nitrogen and oxygen atoms in total. The molecule has 0 saturated heterocycles. The Bertz CT molecular complexity index is 2600. The molecule has 0 N–H and O–H groups in total. The summed E-state index contributed by atoms with van der Waals surface area (Å²) < 4.78 is 2.83. The molecule has 5 aliphatic rings. The molecule has 4 heteroatoms. The first-order valence-electron chi connectivity index (χ1n) is 22.1. The lowest BCUT2D eigenvalue weighted by Crippen LogP contribution is -2.62. The molecule has 58 heavy (non-hydrogen) atoms. The molecule has 298 valence electrons. The van der Waals surface area contributed by atoms with Crippen LogP contribution in [0.2, 0.25) is 0 Å². The summed E-state index contributed by atoms with van der Waals surface area (Å²) >= 11 is 2.01. The Morgan fingerprint density at radius 2 is 1.29 bits per heavy atom. The summed E-state index contributed by atoms with van der Waals surface area (Å²) in [6.45, 7) is 32.0. The second kappa shape index (κ2) is 12.3. The van der Waals surface area contributed by atoms with E-state index >= 15 is 0 Å². The third kappa shape index (κ3) is 5.41. The van der Waals surface area contributed by atoms with Crippen molar-refractivity contribution >= 4 is 72.3 Å². The Labute approximate surface area is 353 Å². The number of thiophene rings is 1. The summed E-state index contributed by atoms with van der Waals surface area (Å²) in [7, 11) is 0. The van der Waals surface area contributed by atoms with Crippen LogP contribution >= 0.6 is 11.3 Å². The summed E-state index contributed by atoms with van der Waals surface area (Å²) in [4.78, 5) is 5.46. The van der Waals surface area contributed by atoms with Crippen molar-refractivity contribution in [3.8, 4) is 0 Å². The van der Waals surface area contributed by atoms with Crippen molar-refractivity contribution in [2.24, 2.45) is 22.7 Å². The number of nitrogens with zero attached hydrogens (tertiary/aromatic N) is 2. The number of hydrogen-bond donors (Lipinski definition) is 0. The van der Waals surface area contributed by atoms with Crippen LogP contribution in [0.25, 0.3) is 10.1 Å². The highest BCUT2D eigenvalue weighted by Gasteiger charge is 2.52. The van der Waals surface area contributed by atoms with E-state index in [9.17, 15) is 0 Å². The molecular formula is C54H63BN2S. The lowest BCUT2D eigenvalue weighted by molar-refractivity contribution is 0.0321. The summed E-state index contributed by atoms with van der Waals surface area (Å²) in [5.41, 5.74) is 18.9. The van der Waals surface area contributed by atoms with Gasteiger partial charge in [0.1, 0.15) is 0 Å². The minimum atomic E-state index is 0.0264. The molecule has 1 fully saturated rings. The van der Waals surface area contributed by atoms with E-state index in [1.807, 2.05) is 11.3 Å². The van der Waals surface area contributed by atoms with E-state index in [-0.39, 0.29) is 33.8 Å². The smallest absolute Gasteiger partial charge is 0.264 e. The standard InChI is InChI=1S/C54H63BN2S/c1-32-28-42-46-43(29-32)57(41-31-39-38(30-33(41)2)52(8,9)24-25-53(39,10)11)48-40(23-22-37-45(48)54(12,13)27-26-51(37,6)7)55(46)49-47(36-16-14-15-17-44(36)58-49)56(42)35-20-18-34(19-21-35)50(3,4)5/h14-23,28-31,38-39H,24-27H2,1-13H3. The molecule has 10 rings (SSSR count). The molecule has 1 aromatic heterocycles. The molecule has 0 spiro atoms. The van der Waals surface area contributed by atoms with E-state index in [0.717, 1.165) is 0 Å². The van der Waals surface area contributed by atoms with E-state index in [0.29, 0.717) is 11.8 Å². The Kier molecular flexibility index (Phi) is 8.09. The number of aryl methyl sites for hydroxylation is 1. The van der Waals surface area contributed by atoms with Crippen LogP contribution < -0.4 is 25.5 Å². The van der Waals surface area contributed by atoms with Crippen molar-refractivity contribution in [3.63, 3.8) is 0 Å². The topological polar surface area (TPSA) is 6.48 Å². The third-order valence-electron chi connectivity index (χ3n) is 15.7. The zero-order chi connectivity index (χ0) is 41.1. The maximum Gasteiger partial charge on any atom is 0.264 e. The predicted molar refractivity (Wildman–Crippen MR) is 254 cm³/mol. The second-order valence-corrected chi connectivity index (χ2v) is 23.6. The van der Waals surface area contributed by atoms with Gasteiger partial charge in [-0.1, -0.05) is 131 Å². The van der Waals surface area contributed by atoms with Crippen LogP contribution in [0.3, 0.4) is 0 Å². The van der Waals surface area contributed by atoms with Crippen LogP contribution in [0.15, 0.2) is 96.2 Å². The van der Waals surface area contributed by atoms with Crippen LogP contribution in [0.4, 0.5) is 28.4 Å². The fraction of sp³-hybridized carbons (Fsp3) is 0.444. The average molecular weight is 783 g/mol. The number of rotatable bonds is 2. The van der Waals surface area contributed by atoms with Gasteiger partial charge in [0.05, 0.1) is 5.69 Å². The fourth-order valence-corrected chi connectivity index (χ4v) is 13.2. The maximum atomic E-state index is 2.82. The molecule has 0 radical (unpaired) electrons. The van der Waals surface area contributed by atoms with Gasteiger partial charge in [-0.3, -0.25) is 0 Å². The fourth-order valence-electron chi connectivity index (χ4n) is 11.9. The van der Waals surface area contributed by atoms with E-state index in [1.54, 1.807) is 5.56 Å². The first kappa shape index (κ1) is 38.2. The maximum absolute atomic E-state index is 2.82. The van der Waals surface area contributed by atoms with Gasteiger partial charge in [0.2, 0.25) is 0 Å².